The van der Waals surface area contributed by atoms with Crippen molar-refractivity contribution in [2.24, 2.45) is 81.8 Å². The average molecular weight is 1080 g/mol. The van der Waals surface area contributed by atoms with Crippen molar-refractivity contribution in [1.82, 2.24) is 20.4 Å². The Morgan fingerprint density at radius 2 is 1.38 bits per heavy atom. The zero-order chi connectivity index (χ0) is 55.1. The van der Waals surface area contributed by atoms with Crippen molar-refractivity contribution < 1.29 is 33.3 Å². The number of fused-ring (bicyclic) bond motifs is 13. The predicted octanol–water partition coefficient (Wildman–Crippen LogP) is 11.8. The van der Waals surface area contributed by atoms with Crippen LogP contribution in [0.2, 0.25) is 0 Å². The molecule has 4 saturated heterocycles. The number of amides is 1. The normalized spacial score (nSPS) is 44.5. The lowest BCUT2D eigenvalue weighted by Gasteiger charge is -2.52. The Morgan fingerprint density at radius 3 is 2.09 bits per heavy atom. The summed E-state index contributed by atoms with van der Waals surface area (Å²) in [5.41, 5.74) is 9.91. The number of aromatic amines is 2. The van der Waals surface area contributed by atoms with Crippen LogP contribution in [0.5, 0.6) is 0 Å². The lowest BCUT2D eigenvalue weighted by molar-refractivity contribution is -0.139. The SMILES string of the molecule is CC1=C2C[C@H]3[C@@H](CC[C@@H]4Cc5[nH][nH]c(=O)c5C[C@@]43C)[C@@H]2CC[C@@]2(C1)O[C@@H]1C[C@H](C)CN[C@H]1[C@H]2C.COC(=O)C1=C[C@@]2(C)[C@H](CC[C@H]3[C@@H]4CC[C@@]5(CC(C)=C4C[C@@H]32)O[C@@H]2C[C@H](C)CN(C(=O)OCc3ccccc3)[C@H]2[C@H]5C)CC1=O. The summed E-state index contributed by atoms with van der Waals surface area (Å²) in [6.45, 7) is 21.1. The number of rotatable bonds is 3. The van der Waals surface area contributed by atoms with Crippen LogP contribution in [0.4, 0.5) is 4.79 Å². The zero-order valence-corrected chi connectivity index (χ0v) is 49.1. The van der Waals surface area contributed by atoms with Crippen LogP contribution in [0.3, 0.4) is 0 Å². The Hall–Kier alpha value is -4.26. The quantitative estimate of drug-likeness (QED) is 0.155. The molecule has 4 saturated carbocycles. The van der Waals surface area contributed by atoms with Crippen LogP contribution in [0, 0.1) is 81.8 Å². The molecule has 3 N–H and O–H groups in total. The summed E-state index contributed by atoms with van der Waals surface area (Å²) in [5.74, 6) is 6.00. The van der Waals surface area contributed by atoms with E-state index in [1.54, 1.807) is 16.7 Å². The molecule has 14 rings (SSSR count). The van der Waals surface area contributed by atoms with Crippen molar-refractivity contribution in [2.45, 2.75) is 207 Å². The number of carbonyl (C=O) groups is 3. The Bertz CT molecular complexity index is 2900. The van der Waals surface area contributed by atoms with Crippen LogP contribution in [-0.2, 0) is 48.0 Å². The van der Waals surface area contributed by atoms with E-state index >= 15 is 0 Å². The molecule has 79 heavy (non-hydrogen) atoms. The average Bonchev–Trinajstić information content (AvgIpc) is 3.65. The third-order valence-electron chi connectivity index (χ3n) is 25.1. The van der Waals surface area contributed by atoms with Gasteiger partial charge in [0.2, 0.25) is 0 Å². The Labute approximate surface area is 469 Å². The van der Waals surface area contributed by atoms with Gasteiger partial charge in [0.15, 0.2) is 5.78 Å². The molecule has 12 nitrogen and oxygen atoms in total. The first kappa shape index (κ1) is 54.0. The van der Waals surface area contributed by atoms with Crippen molar-refractivity contribution in [2.75, 3.05) is 20.2 Å². The first-order chi connectivity index (χ1) is 37.8. The molecule has 428 valence electrons. The van der Waals surface area contributed by atoms with Gasteiger partial charge in [-0.25, -0.2) is 9.59 Å². The van der Waals surface area contributed by atoms with Crippen LogP contribution in [0.1, 0.15) is 169 Å². The molecule has 0 unspecified atom stereocenters. The number of H-pyrrole nitrogens is 2. The number of piperidine rings is 2. The van der Waals surface area contributed by atoms with Crippen LogP contribution < -0.4 is 10.9 Å². The summed E-state index contributed by atoms with van der Waals surface area (Å²) >= 11 is 0. The topological polar surface area (TPSA) is 152 Å². The molecule has 8 aliphatic carbocycles. The monoisotopic (exact) mass is 1080 g/mol. The highest BCUT2D eigenvalue weighted by atomic mass is 16.6. The van der Waals surface area contributed by atoms with Crippen molar-refractivity contribution in [1.29, 1.82) is 0 Å². The molecule has 1 amide bonds. The van der Waals surface area contributed by atoms with Gasteiger partial charge in [0.25, 0.3) is 5.56 Å². The molecular weight excluding hydrogens is 989 g/mol. The van der Waals surface area contributed by atoms with E-state index in [-0.39, 0.29) is 75.6 Å². The molecule has 5 heterocycles. The fourth-order valence-electron chi connectivity index (χ4n) is 21.0. The van der Waals surface area contributed by atoms with Gasteiger partial charge in [-0.3, -0.25) is 14.7 Å². The Morgan fingerprint density at radius 1 is 0.734 bits per heavy atom. The Balaban J connectivity index is 0.000000155. The summed E-state index contributed by atoms with van der Waals surface area (Å²) in [7, 11) is 1.36. The maximum absolute atomic E-state index is 13.6. The highest BCUT2D eigenvalue weighted by Gasteiger charge is 2.63. The molecular formula is C67H92N4O8. The van der Waals surface area contributed by atoms with Gasteiger partial charge >= 0.3 is 12.1 Å². The minimum Gasteiger partial charge on any atom is -0.465 e. The van der Waals surface area contributed by atoms with Crippen molar-refractivity contribution in [3.8, 4) is 0 Å². The Kier molecular flexibility index (Phi) is 13.7. The van der Waals surface area contributed by atoms with E-state index in [0.29, 0.717) is 66.5 Å². The second-order valence-corrected chi connectivity index (χ2v) is 29.0. The number of hydrogen-bond acceptors (Lipinski definition) is 9. The summed E-state index contributed by atoms with van der Waals surface area (Å²) in [4.78, 5) is 53.5. The van der Waals surface area contributed by atoms with Gasteiger partial charge in [-0.05, 0) is 199 Å². The highest BCUT2D eigenvalue weighted by molar-refractivity contribution is 6.18. The molecule has 1 aromatic carbocycles. The number of aromatic nitrogens is 2. The maximum atomic E-state index is 13.6. The first-order valence-corrected chi connectivity index (χ1v) is 31.4. The maximum Gasteiger partial charge on any atom is 0.410 e. The van der Waals surface area contributed by atoms with E-state index in [4.69, 9.17) is 18.9 Å². The predicted molar refractivity (Wildman–Crippen MR) is 303 cm³/mol. The summed E-state index contributed by atoms with van der Waals surface area (Å²) < 4.78 is 25.1. The van der Waals surface area contributed by atoms with Crippen molar-refractivity contribution >= 4 is 17.8 Å². The second-order valence-electron chi connectivity index (χ2n) is 29.0. The number of likely N-dealkylation sites (tertiary alicyclic amines) is 1. The number of hydrogen-bond donors (Lipinski definition) is 3. The minimum atomic E-state index is -0.493. The molecule has 8 fully saturated rings. The van der Waals surface area contributed by atoms with Crippen LogP contribution in [0.15, 0.2) is 69.1 Å². The fraction of sp³-hybridized carbons (Fsp3) is 0.731. The number of nitrogens with zero attached hydrogens (tertiary/aromatic N) is 1. The number of Topliss-reactive ketones (excluding diaryl/α,β-unsaturated/α-hetero) is 1. The van der Waals surface area contributed by atoms with E-state index in [0.717, 1.165) is 99.6 Å². The molecule has 2 aromatic rings. The van der Waals surface area contributed by atoms with Gasteiger partial charge in [0, 0.05) is 42.1 Å². The molecule has 1 aromatic heterocycles. The number of nitrogens with one attached hydrogen (secondary N) is 3. The van der Waals surface area contributed by atoms with Gasteiger partial charge < -0.3 is 34.3 Å². The standard InChI is InChI=1S/C38H49NO6.C29H43N3O2/c1-22-15-33-34(39(20-22)36(42)44-21-25-9-7-6-8-10-25)24(3)38(45-33)14-13-27-28-12-11-26-16-32(40)30(35(41)43-5)19-37(26,4)31(28)17-29(27)23(2)18-38;1-15-9-25-26(30-14-15)17(3)29(34-25)8-7-19-20-6-5-18-10-24-22(27(33)32-31-24)13-28(18,4)23(20)11-21(19)16(2)12-29/h6-10,19,22,24,26-28,31,33-34H,11-18,20-21H2,1-5H3;15,17-20,23,25-26,30H,5-14H2,1-4H3,(H2,31,32,33)/t22-,24+,26+,27-,28-,31-,33+,34-,37-,38-;15-,17+,18+,19-,20-,23-,25+,26-,28-,29-/m00/s1. The van der Waals surface area contributed by atoms with Gasteiger partial charge in [0.05, 0.1) is 42.1 Å². The van der Waals surface area contributed by atoms with Crippen LogP contribution >= 0.6 is 0 Å². The van der Waals surface area contributed by atoms with Crippen molar-refractivity contribution in [3.05, 3.63) is 91.4 Å². The number of ketones is 1. The minimum absolute atomic E-state index is 0.0176. The lowest BCUT2D eigenvalue weighted by atomic mass is 9.52. The van der Waals surface area contributed by atoms with E-state index in [2.05, 4.69) is 70.9 Å². The molecule has 0 radical (unpaired) electrons. The number of carbonyl (C=O) groups excluding carboxylic acids is 3. The molecule has 12 heteroatoms. The van der Waals surface area contributed by atoms with Gasteiger partial charge in [0.1, 0.15) is 6.61 Å². The molecule has 12 aliphatic rings. The fourth-order valence-corrected chi connectivity index (χ4v) is 21.0. The van der Waals surface area contributed by atoms with Crippen LogP contribution in [-0.4, -0.2) is 88.6 Å². The third-order valence-corrected chi connectivity index (χ3v) is 25.1. The number of benzene rings is 1. The zero-order valence-electron chi connectivity index (χ0n) is 49.1. The van der Waals surface area contributed by atoms with E-state index in [9.17, 15) is 19.2 Å². The number of methoxy groups -OCH3 is 1. The number of allylic oxidation sites excluding steroid dienone is 3. The van der Waals surface area contributed by atoms with E-state index in [1.165, 1.54) is 56.9 Å². The van der Waals surface area contributed by atoms with Gasteiger partial charge in [-0.2, -0.15) is 0 Å². The first-order valence-electron chi connectivity index (χ1n) is 31.4. The van der Waals surface area contributed by atoms with Gasteiger partial charge in [-0.15, -0.1) is 0 Å². The number of ether oxygens (including phenoxy) is 4. The smallest absolute Gasteiger partial charge is 0.410 e. The lowest BCUT2D eigenvalue weighted by Crippen LogP contribution is -2.54. The third kappa shape index (κ3) is 8.71. The summed E-state index contributed by atoms with van der Waals surface area (Å²) in [5, 5.41) is 9.93. The molecule has 20 atom stereocenters. The molecule has 4 aliphatic heterocycles. The van der Waals surface area contributed by atoms with Crippen molar-refractivity contribution in [3.63, 3.8) is 0 Å². The highest BCUT2D eigenvalue weighted by Crippen LogP contribution is 2.66. The van der Waals surface area contributed by atoms with Crippen LogP contribution in [0.25, 0.3) is 0 Å². The largest absolute Gasteiger partial charge is 0.465 e. The summed E-state index contributed by atoms with van der Waals surface area (Å²) in [6, 6.07) is 10.4. The molecule has 0 bridgehead atoms. The van der Waals surface area contributed by atoms with E-state index < -0.39 is 5.97 Å². The second kappa shape index (κ2) is 20.0. The van der Waals surface area contributed by atoms with Gasteiger partial charge in [-0.1, -0.05) is 100 Å². The summed E-state index contributed by atoms with van der Waals surface area (Å²) in [6.07, 6.45) is 20.6. The number of esters is 1. The van der Waals surface area contributed by atoms with E-state index in [1.807, 2.05) is 41.3 Å². The molecule has 2 spiro atoms.